The zero-order chi connectivity index (χ0) is 24.6. The third-order valence-electron chi connectivity index (χ3n) is 5.37. The van der Waals surface area contributed by atoms with Crippen molar-refractivity contribution in [1.82, 2.24) is 4.98 Å². The van der Waals surface area contributed by atoms with Crippen LogP contribution in [0.2, 0.25) is 5.02 Å². The van der Waals surface area contributed by atoms with Crippen LogP contribution in [0.1, 0.15) is 40.6 Å². The van der Waals surface area contributed by atoms with Crippen LogP contribution < -0.4 is 11.1 Å². The summed E-state index contributed by atoms with van der Waals surface area (Å²) < 4.78 is 73.6. The van der Waals surface area contributed by atoms with Gasteiger partial charge in [-0.1, -0.05) is 17.7 Å². The molecule has 178 valence electrons. The molecular weight excluding hydrogens is 481 g/mol. The van der Waals surface area contributed by atoms with Gasteiger partial charge in [-0.2, -0.15) is 13.2 Å². The number of nitrogens with two attached hydrogens (primary N) is 1. The van der Waals surface area contributed by atoms with Gasteiger partial charge in [0.15, 0.2) is 5.82 Å². The first kappa shape index (κ1) is 23.9. The van der Waals surface area contributed by atoms with E-state index in [4.69, 9.17) is 22.1 Å². The van der Waals surface area contributed by atoms with Crippen LogP contribution in [0.4, 0.5) is 33.3 Å². The molecule has 1 amide bonds. The number of nitrogens with one attached hydrogen (secondary N) is 1. The Kier molecular flexibility index (Phi) is 6.46. The summed E-state index contributed by atoms with van der Waals surface area (Å²) in [7, 11) is 0. The molecule has 3 N–H and O–H groups in total. The lowest BCUT2D eigenvalue weighted by molar-refractivity contribution is -0.141. The number of hydrogen-bond acceptors (Lipinski definition) is 4. The van der Waals surface area contributed by atoms with Gasteiger partial charge < -0.3 is 15.8 Å². The van der Waals surface area contributed by atoms with Gasteiger partial charge in [-0.25, -0.2) is 8.78 Å². The summed E-state index contributed by atoms with van der Waals surface area (Å²) in [5, 5.41) is 1.99. The van der Waals surface area contributed by atoms with Crippen molar-refractivity contribution in [2.75, 3.05) is 17.7 Å². The quantitative estimate of drug-likeness (QED) is 0.324. The number of benzene rings is 2. The number of amides is 1. The van der Waals surface area contributed by atoms with Crippen LogP contribution in [-0.2, 0) is 10.9 Å². The van der Waals surface area contributed by atoms with E-state index in [0.29, 0.717) is 30.2 Å². The zero-order valence-corrected chi connectivity index (χ0v) is 18.1. The van der Waals surface area contributed by atoms with Gasteiger partial charge in [0.2, 0.25) is 0 Å². The highest BCUT2D eigenvalue weighted by atomic mass is 35.5. The van der Waals surface area contributed by atoms with Crippen LogP contribution in [0.25, 0.3) is 11.1 Å². The molecule has 2 aromatic carbocycles. The van der Waals surface area contributed by atoms with Crippen molar-refractivity contribution in [2.45, 2.75) is 25.1 Å². The largest absolute Gasteiger partial charge is 0.433 e. The minimum atomic E-state index is -4.72. The topological polar surface area (TPSA) is 77.2 Å². The van der Waals surface area contributed by atoms with Crippen molar-refractivity contribution in [3.8, 4) is 11.1 Å². The molecule has 1 atom stereocenters. The molecule has 0 spiro atoms. The molecule has 11 heteroatoms. The van der Waals surface area contributed by atoms with Crippen LogP contribution in [0.15, 0.2) is 42.6 Å². The third kappa shape index (κ3) is 4.69. The molecule has 1 aliphatic rings. The molecule has 1 unspecified atom stereocenters. The van der Waals surface area contributed by atoms with Gasteiger partial charge in [0, 0.05) is 24.1 Å². The van der Waals surface area contributed by atoms with E-state index in [-0.39, 0.29) is 16.3 Å². The Morgan fingerprint density at radius 2 is 1.91 bits per heavy atom. The highest BCUT2D eigenvalue weighted by molar-refractivity contribution is 6.35. The molecule has 1 saturated heterocycles. The molecule has 0 aliphatic carbocycles. The summed E-state index contributed by atoms with van der Waals surface area (Å²) >= 11 is 6.26. The van der Waals surface area contributed by atoms with Gasteiger partial charge in [-0.15, -0.1) is 0 Å². The van der Waals surface area contributed by atoms with Crippen LogP contribution in [0.5, 0.6) is 0 Å². The summed E-state index contributed by atoms with van der Waals surface area (Å²) in [4.78, 5) is 15.9. The van der Waals surface area contributed by atoms with E-state index in [2.05, 4.69) is 10.3 Å². The van der Waals surface area contributed by atoms with Crippen molar-refractivity contribution >= 4 is 28.9 Å². The predicted molar refractivity (Wildman–Crippen MR) is 116 cm³/mol. The lowest BCUT2D eigenvalue weighted by Gasteiger charge is -2.18. The van der Waals surface area contributed by atoms with Crippen molar-refractivity contribution in [2.24, 2.45) is 0 Å². The number of anilines is 2. The summed E-state index contributed by atoms with van der Waals surface area (Å²) in [5.74, 6) is -2.52. The first-order valence-corrected chi connectivity index (χ1v) is 10.5. The molecular formula is C23H17ClF5N3O2. The van der Waals surface area contributed by atoms with Crippen molar-refractivity contribution in [3.05, 3.63) is 76.1 Å². The maximum Gasteiger partial charge on any atom is 0.433 e. The second-order valence-electron chi connectivity index (χ2n) is 7.62. The van der Waals surface area contributed by atoms with Crippen LogP contribution >= 0.6 is 11.6 Å². The fraction of sp³-hybridized carbons (Fsp3) is 0.217. The average Bonchev–Trinajstić information content (AvgIpc) is 3.31. The Labute approximate surface area is 195 Å². The van der Waals surface area contributed by atoms with Crippen LogP contribution in [0, 0.1) is 11.6 Å². The van der Waals surface area contributed by atoms with E-state index >= 15 is 4.39 Å². The standard InChI is InChI=1S/C23H17ClF5N3O2/c24-16-10-15(13-4-3-11(25)8-14(13)17-2-1-7-34-17)20(26)21(30)19(16)22(33)32-12-5-6-31-18(9-12)23(27,28)29/h3-6,8-10,17H,1-2,7,30H2,(H,31,32,33). The first-order valence-electron chi connectivity index (χ1n) is 10.1. The van der Waals surface area contributed by atoms with E-state index in [1.54, 1.807) is 0 Å². The fourth-order valence-electron chi connectivity index (χ4n) is 3.80. The molecule has 2 heterocycles. The molecule has 3 aromatic rings. The lowest BCUT2D eigenvalue weighted by atomic mass is 9.93. The van der Waals surface area contributed by atoms with E-state index in [9.17, 15) is 22.4 Å². The number of rotatable bonds is 4. The molecule has 1 aromatic heterocycles. The van der Waals surface area contributed by atoms with Gasteiger partial charge in [0.25, 0.3) is 5.91 Å². The number of aromatic nitrogens is 1. The number of pyridine rings is 1. The Morgan fingerprint density at radius 1 is 1.15 bits per heavy atom. The Hall–Kier alpha value is -3.24. The average molecular weight is 498 g/mol. The number of ether oxygens (including phenoxy) is 1. The molecule has 4 rings (SSSR count). The summed E-state index contributed by atoms with van der Waals surface area (Å²) in [6.07, 6.45) is -2.92. The number of carbonyl (C=O) groups excluding carboxylic acids is 1. The molecule has 0 radical (unpaired) electrons. The molecule has 0 saturated carbocycles. The summed E-state index contributed by atoms with van der Waals surface area (Å²) in [6.45, 7) is 0.482. The first-order chi connectivity index (χ1) is 16.1. The van der Waals surface area contributed by atoms with Gasteiger partial charge in [-0.3, -0.25) is 9.78 Å². The lowest BCUT2D eigenvalue weighted by Crippen LogP contribution is -2.17. The predicted octanol–water partition coefficient (Wildman–Crippen LogP) is 6.39. The Balaban J connectivity index is 1.71. The van der Waals surface area contributed by atoms with Crippen molar-refractivity contribution in [3.63, 3.8) is 0 Å². The zero-order valence-electron chi connectivity index (χ0n) is 17.3. The van der Waals surface area contributed by atoms with Gasteiger partial charge in [-0.05, 0) is 54.3 Å². The van der Waals surface area contributed by atoms with E-state index in [1.165, 1.54) is 18.2 Å². The van der Waals surface area contributed by atoms with Crippen molar-refractivity contribution in [1.29, 1.82) is 0 Å². The van der Waals surface area contributed by atoms with E-state index in [1.807, 2.05) is 0 Å². The number of carbonyl (C=O) groups is 1. The maximum absolute atomic E-state index is 15.4. The Morgan fingerprint density at radius 3 is 2.59 bits per heavy atom. The number of hydrogen-bond donors (Lipinski definition) is 2. The molecule has 1 fully saturated rings. The number of alkyl halides is 3. The molecule has 0 bridgehead atoms. The van der Waals surface area contributed by atoms with Gasteiger partial charge in [0.1, 0.15) is 11.5 Å². The molecule has 1 aliphatic heterocycles. The molecule has 34 heavy (non-hydrogen) atoms. The van der Waals surface area contributed by atoms with Gasteiger partial charge >= 0.3 is 6.18 Å². The van der Waals surface area contributed by atoms with Crippen molar-refractivity contribution < 1.29 is 31.5 Å². The minimum Gasteiger partial charge on any atom is -0.396 e. The normalized spacial score (nSPS) is 16.0. The Bertz CT molecular complexity index is 1260. The van der Waals surface area contributed by atoms with E-state index < -0.39 is 46.8 Å². The monoisotopic (exact) mass is 497 g/mol. The number of nitrogens with zero attached hydrogens (tertiary/aromatic N) is 1. The van der Waals surface area contributed by atoms with Crippen LogP contribution in [-0.4, -0.2) is 17.5 Å². The highest BCUT2D eigenvalue weighted by Gasteiger charge is 2.33. The maximum atomic E-state index is 15.4. The SMILES string of the molecule is Nc1c(F)c(-c2ccc(F)cc2C2CCCO2)cc(Cl)c1C(=O)Nc1ccnc(C(F)(F)F)c1. The second kappa shape index (κ2) is 9.19. The van der Waals surface area contributed by atoms with E-state index in [0.717, 1.165) is 24.8 Å². The fourth-order valence-corrected chi connectivity index (χ4v) is 4.09. The number of nitrogen functional groups attached to an aromatic ring is 1. The summed E-state index contributed by atoms with van der Waals surface area (Å²) in [6, 6.07) is 6.70. The van der Waals surface area contributed by atoms with Crippen LogP contribution in [0.3, 0.4) is 0 Å². The highest BCUT2D eigenvalue weighted by Crippen LogP contribution is 2.41. The third-order valence-corrected chi connectivity index (χ3v) is 5.67. The van der Waals surface area contributed by atoms with Gasteiger partial charge in [0.05, 0.1) is 22.4 Å². The minimum absolute atomic E-state index is 0.0622. The smallest absolute Gasteiger partial charge is 0.396 e. The second-order valence-corrected chi connectivity index (χ2v) is 8.03. The summed E-state index contributed by atoms with van der Waals surface area (Å²) in [5.41, 5.74) is 4.04. The molecule has 5 nitrogen and oxygen atoms in total. The number of halogens is 6.